The number of alkyl halides is 1. The highest BCUT2D eigenvalue weighted by molar-refractivity contribution is 7.89. The summed E-state index contributed by atoms with van der Waals surface area (Å²) in [6.07, 6.45) is 7.89. The molecule has 0 amide bonds. The van der Waals surface area contributed by atoms with E-state index in [0.29, 0.717) is 36.3 Å². The molecule has 2 heterocycles. The van der Waals surface area contributed by atoms with E-state index in [1.165, 1.54) is 21.1 Å². The van der Waals surface area contributed by atoms with Gasteiger partial charge in [-0.3, -0.25) is 0 Å². The van der Waals surface area contributed by atoms with E-state index in [0.717, 1.165) is 5.57 Å². The maximum atomic E-state index is 14.7. The lowest BCUT2D eigenvalue weighted by Crippen LogP contribution is -2.40. The zero-order chi connectivity index (χ0) is 20.9. The van der Waals surface area contributed by atoms with Gasteiger partial charge in [0.1, 0.15) is 12.4 Å². The molecule has 155 valence electrons. The molecule has 0 N–H and O–H groups in total. The van der Waals surface area contributed by atoms with Crippen molar-refractivity contribution in [1.82, 2.24) is 19.3 Å². The van der Waals surface area contributed by atoms with Gasteiger partial charge in [0.15, 0.2) is 0 Å². The fourth-order valence-corrected chi connectivity index (χ4v) is 5.26. The number of aromatic nitrogens is 3. The molecule has 0 aliphatic carbocycles. The summed E-state index contributed by atoms with van der Waals surface area (Å²) < 4.78 is 43.4. The summed E-state index contributed by atoms with van der Waals surface area (Å²) in [4.78, 5) is 0. The summed E-state index contributed by atoms with van der Waals surface area (Å²) in [5.41, 5.74) is 1.89. The first-order valence-corrected chi connectivity index (χ1v) is 11.4. The van der Waals surface area contributed by atoms with Crippen LogP contribution in [0, 0.1) is 12.4 Å². The molecule has 1 aromatic carbocycles. The average Bonchev–Trinajstić information content (AvgIpc) is 3.22. The van der Waals surface area contributed by atoms with E-state index in [2.05, 4.69) is 16.9 Å². The van der Waals surface area contributed by atoms with Crippen LogP contribution in [0.5, 0.6) is 0 Å². The van der Waals surface area contributed by atoms with Crippen molar-refractivity contribution >= 4 is 27.2 Å². The Bertz CT molecular complexity index is 976. The topological polar surface area (TPSA) is 68.1 Å². The van der Waals surface area contributed by atoms with Crippen LogP contribution < -0.4 is 0 Å². The molecule has 0 fully saturated rings. The molecule has 0 bridgehead atoms. The number of hydrogen-bond acceptors (Lipinski definition) is 4. The zero-order valence-corrected chi connectivity index (χ0v) is 17.5. The summed E-state index contributed by atoms with van der Waals surface area (Å²) in [7, 11) is -3.53. The number of hydrogen-bond donors (Lipinski definition) is 0. The highest BCUT2D eigenvalue weighted by Crippen LogP contribution is 2.30. The third-order valence-electron chi connectivity index (χ3n) is 4.88. The first-order valence-electron chi connectivity index (χ1n) is 9.33. The smallest absolute Gasteiger partial charge is 0.220 e. The number of benzene rings is 1. The molecule has 0 saturated heterocycles. The number of sulfonamides is 1. The number of rotatable bonds is 9. The molecule has 29 heavy (non-hydrogen) atoms. The van der Waals surface area contributed by atoms with Crippen LogP contribution >= 0.6 is 11.6 Å². The summed E-state index contributed by atoms with van der Waals surface area (Å²) in [5.74, 6) is 0.0508. The molecule has 1 aliphatic heterocycles. The second-order valence-corrected chi connectivity index (χ2v) is 9.23. The van der Waals surface area contributed by atoms with Gasteiger partial charge in [-0.25, -0.2) is 17.5 Å². The van der Waals surface area contributed by atoms with Crippen molar-refractivity contribution in [1.29, 1.82) is 0 Å². The third kappa shape index (κ3) is 4.94. The molecule has 3 rings (SSSR count). The van der Waals surface area contributed by atoms with Gasteiger partial charge in [0.25, 0.3) is 0 Å². The fraction of sp³-hybridized carbons (Fsp3) is 0.350. The largest absolute Gasteiger partial charge is 0.243 e. The SMILES string of the molecule is C=CC(CCCCl)S(=O)(=O)N1CC=C(c2c(F)cccc2[CH]n2ccnn2)CC1. The lowest BCUT2D eigenvalue weighted by molar-refractivity contribution is 0.433. The number of halogens is 2. The van der Waals surface area contributed by atoms with E-state index in [1.807, 2.05) is 0 Å². The van der Waals surface area contributed by atoms with Gasteiger partial charge >= 0.3 is 0 Å². The molecule has 1 radical (unpaired) electrons. The monoisotopic (exact) mass is 437 g/mol. The normalized spacial score (nSPS) is 16.4. The van der Waals surface area contributed by atoms with Gasteiger partial charge in [0.2, 0.25) is 10.0 Å². The van der Waals surface area contributed by atoms with Crippen LogP contribution in [-0.2, 0) is 10.0 Å². The predicted molar refractivity (Wildman–Crippen MR) is 112 cm³/mol. The quantitative estimate of drug-likeness (QED) is 0.445. The van der Waals surface area contributed by atoms with Gasteiger partial charge in [-0.1, -0.05) is 29.5 Å². The lowest BCUT2D eigenvalue weighted by atomic mass is 9.95. The Morgan fingerprint density at radius 2 is 2.21 bits per heavy atom. The maximum absolute atomic E-state index is 14.7. The zero-order valence-electron chi connectivity index (χ0n) is 15.9. The molecular formula is C20H23ClFN4O2S. The van der Waals surface area contributed by atoms with E-state index >= 15 is 0 Å². The molecule has 6 nitrogen and oxygen atoms in total. The highest BCUT2D eigenvalue weighted by Gasteiger charge is 2.31. The van der Waals surface area contributed by atoms with E-state index in [9.17, 15) is 12.8 Å². The Labute approximate surface area is 175 Å². The fourth-order valence-electron chi connectivity index (χ4n) is 3.38. The Kier molecular flexibility index (Phi) is 7.21. The van der Waals surface area contributed by atoms with Crippen LogP contribution in [0.3, 0.4) is 0 Å². The van der Waals surface area contributed by atoms with Crippen LogP contribution in [0.2, 0.25) is 0 Å². The summed E-state index contributed by atoms with van der Waals surface area (Å²) in [5, 5.41) is 6.97. The average molecular weight is 438 g/mol. The van der Waals surface area contributed by atoms with E-state index in [4.69, 9.17) is 11.6 Å². The standard InChI is InChI=1S/C20H23ClFN4O2S/c1-2-18(6-4-10-21)29(27,28)26-12-8-16(9-13-26)20-17(5-3-7-19(20)22)15-25-14-11-23-24-25/h2-3,5,7-8,11,14-15,18H,1,4,6,9-10,12-13H2. The van der Waals surface area contributed by atoms with Crippen LogP contribution in [0.4, 0.5) is 4.39 Å². The van der Waals surface area contributed by atoms with Gasteiger partial charge in [-0.15, -0.1) is 23.3 Å². The van der Waals surface area contributed by atoms with Crippen molar-refractivity contribution in [3.05, 3.63) is 72.8 Å². The van der Waals surface area contributed by atoms with Crippen molar-refractivity contribution < 1.29 is 12.8 Å². The molecule has 0 spiro atoms. The first-order chi connectivity index (χ1) is 14.0. The second kappa shape index (κ2) is 9.65. The molecule has 1 atom stereocenters. The Morgan fingerprint density at radius 3 is 2.83 bits per heavy atom. The summed E-state index contributed by atoms with van der Waals surface area (Å²) in [6, 6.07) is 4.83. The van der Waals surface area contributed by atoms with Crippen LogP contribution in [0.25, 0.3) is 5.57 Å². The van der Waals surface area contributed by atoms with Gasteiger partial charge < -0.3 is 0 Å². The van der Waals surface area contributed by atoms with E-state index in [-0.39, 0.29) is 18.9 Å². The third-order valence-corrected chi connectivity index (χ3v) is 7.39. The van der Waals surface area contributed by atoms with Crippen molar-refractivity contribution in [2.24, 2.45) is 0 Å². The minimum Gasteiger partial charge on any atom is -0.243 e. The van der Waals surface area contributed by atoms with Crippen LogP contribution in [-0.4, -0.2) is 51.9 Å². The summed E-state index contributed by atoms with van der Waals surface area (Å²) >= 11 is 5.70. The number of nitrogens with zero attached hydrogens (tertiary/aromatic N) is 4. The van der Waals surface area contributed by atoms with Crippen molar-refractivity contribution in [2.75, 3.05) is 19.0 Å². The van der Waals surface area contributed by atoms with Gasteiger partial charge in [-0.05, 0) is 36.5 Å². The Morgan fingerprint density at radius 1 is 1.38 bits per heavy atom. The van der Waals surface area contributed by atoms with Crippen molar-refractivity contribution in [2.45, 2.75) is 24.5 Å². The maximum Gasteiger partial charge on any atom is 0.220 e. The van der Waals surface area contributed by atoms with Crippen LogP contribution in [0.15, 0.2) is 49.3 Å². The van der Waals surface area contributed by atoms with E-state index in [1.54, 1.807) is 37.1 Å². The van der Waals surface area contributed by atoms with Gasteiger partial charge in [0, 0.05) is 30.7 Å². The lowest BCUT2D eigenvalue weighted by Gasteiger charge is -2.29. The molecule has 1 aliphatic rings. The van der Waals surface area contributed by atoms with Crippen molar-refractivity contribution in [3.63, 3.8) is 0 Å². The molecular weight excluding hydrogens is 415 g/mol. The summed E-state index contributed by atoms with van der Waals surface area (Å²) in [6.45, 7) is 5.84. The minimum absolute atomic E-state index is 0.194. The molecule has 1 aromatic heterocycles. The van der Waals surface area contributed by atoms with E-state index < -0.39 is 15.3 Å². The predicted octanol–water partition coefficient (Wildman–Crippen LogP) is 3.47. The molecule has 9 heteroatoms. The van der Waals surface area contributed by atoms with Crippen LogP contribution in [0.1, 0.15) is 30.4 Å². The van der Waals surface area contributed by atoms with Gasteiger partial charge in [0.05, 0.1) is 11.4 Å². The Balaban J connectivity index is 1.82. The molecule has 2 aromatic rings. The van der Waals surface area contributed by atoms with Crippen molar-refractivity contribution in [3.8, 4) is 0 Å². The first kappa shape index (κ1) is 21.7. The molecule has 0 saturated carbocycles. The minimum atomic E-state index is -3.53. The highest BCUT2D eigenvalue weighted by atomic mass is 35.5. The molecule has 1 unspecified atom stereocenters. The Hall–Kier alpha value is -2.03. The second-order valence-electron chi connectivity index (χ2n) is 6.70. The van der Waals surface area contributed by atoms with Gasteiger partial charge in [-0.2, -0.15) is 4.31 Å².